The van der Waals surface area contributed by atoms with E-state index in [9.17, 15) is 0 Å². The zero-order valence-electron chi connectivity index (χ0n) is 13.1. The minimum absolute atomic E-state index is 0.628. The van der Waals surface area contributed by atoms with E-state index in [1.165, 1.54) is 12.8 Å². The number of aryl methyl sites for hydroxylation is 1. The van der Waals surface area contributed by atoms with Crippen molar-refractivity contribution in [1.82, 2.24) is 24.6 Å². The molecule has 21 heavy (non-hydrogen) atoms. The van der Waals surface area contributed by atoms with E-state index in [1.807, 2.05) is 17.9 Å². The highest BCUT2D eigenvalue weighted by atomic mass is 15.3. The van der Waals surface area contributed by atoms with Crippen molar-refractivity contribution in [2.45, 2.75) is 45.7 Å². The summed E-state index contributed by atoms with van der Waals surface area (Å²) in [5.41, 5.74) is 0.908. The number of anilines is 1. The monoisotopic (exact) mass is 288 g/mol. The van der Waals surface area contributed by atoms with Crippen LogP contribution in [-0.4, -0.2) is 43.8 Å². The second kappa shape index (κ2) is 5.97. The number of hydrogen-bond donors (Lipinski definition) is 1. The summed E-state index contributed by atoms with van der Waals surface area (Å²) in [4.78, 5) is 11.9. The fourth-order valence-corrected chi connectivity index (χ4v) is 2.93. The highest BCUT2D eigenvalue weighted by molar-refractivity contribution is 5.86. The molecule has 0 aromatic carbocycles. The van der Waals surface area contributed by atoms with Crippen molar-refractivity contribution in [3.63, 3.8) is 0 Å². The standard InChI is InChI=1S/C15H24N6/c1-4-7-16-14-12-9-17-20(3)15(12)19-13(18-14)10-21-8-5-6-11(21)2/h9,11H,4-8,10H2,1-3H3,(H,16,18,19). The predicted octanol–water partition coefficient (Wildman–Crippen LogP) is 2.17. The Kier molecular flexibility index (Phi) is 4.05. The largest absolute Gasteiger partial charge is 0.369 e. The first-order valence-corrected chi connectivity index (χ1v) is 7.85. The van der Waals surface area contributed by atoms with Crippen molar-refractivity contribution in [1.29, 1.82) is 0 Å². The third-order valence-corrected chi connectivity index (χ3v) is 4.22. The van der Waals surface area contributed by atoms with Gasteiger partial charge in [0.05, 0.1) is 18.1 Å². The van der Waals surface area contributed by atoms with Gasteiger partial charge in [0.1, 0.15) is 11.6 Å². The molecule has 2 aromatic rings. The van der Waals surface area contributed by atoms with Gasteiger partial charge in [0.25, 0.3) is 0 Å². The SMILES string of the molecule is CCCNc1nc(CN2CCCC2C)nc2c1cnn2C. The number of aromatic nitrogens is 4. The maximum Gasteiger partial charge on any atom is 0.163 e. The molecule has 114 valence electrons. The van der Waals surface area contributed by atoms with Crippen LogP contribution >= 0.6 is 0 Å². The first kappa shape index (κ1) is 14.3. The molecule has 1 saturated heterocycles. The van der Waals surface area contributed by atoms with Gasteiger partial charge in [-0.15, -0.1) is 0 Å². The maximum atomic E-state index is 4.73. The van der Waals surface area contributed by atoms with Crippen molar-refractivity contribution in [3.05, 3.63) is 12.0 Å². The van der Waals surface area contributed by atoms with E-state index in [2.05, 4.69) is 29.2 Å². The highest BCUT2D eigenvalue weighted by Gasteiger charge is 2.22. The van der Waals surface area contributed by atoms with Crippen LogP contribution in [0.5, 0.6) is 0 Å². The minimum Gasteiger partial charge on any atom is -0.369 e. The van der Waals surface area contributed by atoms with Crippen LogP contribution in [0.1, 0.15) is 38.9 Å². The molecule has 3 heterocycles. The number of likely N-dealkylation sites (tertiary alicyclic amines) is 1. The fourth-order valence-electron chi connectivity index (χ4n) is 2.93. The quantitative estimate of drug-likeness (QED) is 0.913. The summed E-state index contributed by atoms with van der Waals surface area (Å²) in [6, 6.07) is 0.628. The highest BCUT2D eigenvalue weighted by Crippen LogP contribution is 2.22. The molecule has 3 rings (SSSR count). The fraction of sp³-hybridized carbons (Fsp3) is 0.667. The molecule has 6 nitrogen and oxygen atoms in total. The molecule has 1 aliphatic heterocycles. The molecule has 0 bridgehead atoms. The summed E-state index contributed by atoms with van der Waals surface area (Å²) in [6.07, 6.45) is 5.46. The van der Waals surface area contributed by atoms with Crippen molar-refractivity contribution in [2.75, 3.05) is 18.4 Å². The lowest BCUT2D eigenvalue weighted by Crippen LogP contribution is -2.27. The third-order valence-electron chi connectivity index (χ3n) is 4.22. The molecule has 2 aromatic heterocycles. The molecule has 1 fully saturated rings. The van der Waals surface area contributed by atoms with Gasteiger partial charge in [-0.3, -0.25) is 9.58 Å². The van der Waals surface area contributed by atoms with E-state index < -0.39 is 0 Å². The van der Waals surface area contributed by atoms with Gasteiger partial charge in [-0.05, 0) is 32.7 Å². The Morgan fingerprint density at radius 2 is 2.24 bits per heavy atom. The molecular weight excluding hydrogens is 264 g/mol. The van der Waals surface area contributed by atoms with Gasteiger partial charge in [0.2, 0.25) is 0 Å². The summed E-state index contributed by atoms with van der Waals surface area (Å²) in [5.74, 6) is 1.80. The van der Waals surface area contributed by atoms with Crippen LogP contribution in [0.2, 0.25) is 0 Å². The summed E-state index contributed by atoms with van der Waals surface area (Å²) in [6.45, 7) is 7.32. The second-order valence-electron chi connectivity index (χ2n) is 5.88. The van der Waals surface area contributed by atoms with Crippen LogP contribution < -0.4 is 5.32 Å². The molecule has 0 saturated carbocycles. The van der Waals surface area contributed by atoms with Crippen LogP contribution in [0, 0.1) is 0 Å². The normalized spacial score (nSPS) is 19.5. The van der Waals surface area contributed by atoms with Crippen LogP contribution in [0.4, 0.5) is 5.82 Å². The van der Waals surface area contributed by atoms with E-state index in [0.29, 0.717) is 6.04 Å². The first-order chi connectivity index (χ1) is 10.2. The van der Waals surface area contributed by atoms with E-state index in [1.54, 1.807) is 0 Å². The average molecular weight is 288 g/mol. The smallest absolute Gasteiger partial charge is 0.163 e. The Balaban J connectivity index is 1.92. The molecule has 6 heteroatoms. The molecule has 0 spiro atoms. The van der Waals surface area contributed by atoms with Gasteiger partial charge in [0, 0.05) is 19.6 Å². The molecule has 1 N–H and O–H groups in total. The Morgan fingerprint density at radius 3 is 2.95 bits per heavy atom. The molecule has 0 aliphatic carbocycles. The summed E-state index contributed by atoms with van der Waals surface area (Å²) in [7, 11) is 1.93. The Hall–Kier alpha value is -1.69. The summed E-state index contributed by atoms with van der Waals surface area (Å²) < 4.78 is 1.82. The van der Waals surface area contributed by atoms with Gasteiger partial charge >= 0.3 is 0 Å². The average Bonchev–Trinajstić information content (AvgIpc) is 3.04. The Morgan fingerprint density at radius 1 is 1.38 bits per heavy atom. The number of nitrogens with zero attached hydrogens (tertiary/aromatic N) is 5. The molecule has 1 unspecified atom stereocenters. The number of hydrogen-bond acceptors (Lipinski definition) is 5. The van der Waals surface area contributed by atoms with Crippen LogP contribution in [0.15, 0.2) is 6.20 Å². The zero-order valence-corrected chi connectivity index (χ0v) is 13.1. The van der Waals surface area contributed by atoms with Crippen molar-refractivity contribution >= 4 is 16.9 Å². The molecule has 0 amide bonds. The minimum atomic E-state index is 0.628. The molecular formula is C15H24N6. The van der Waals surface area contributed by atoms with E-state index in [4.69, 9.17) is 9.97 Å². The van der Waals surface area contributed by atoms with Crippen molar-refractivity contribution < 1.29 is 0 Å². The lowest BCUT2D eigenvalue weighted by atomic mass is 10.2. The Bertz CT molecular complexity index is 620. The molecule has 1 aliphatic rings. The first-order valence-electron chi connectivity index (χ1n) is 7.85. The van der Waals surface area contributed by atoms with E-state index in [-0.39, 0.29) is 0 Å². The van der Waals surface area contributed by atoms with E-state index in [0.717, 1.165) is 48.7 Å². The maximum absolute atomic E-state index is 4.73. The van der Waals surface area contributed by atoms with Crippen LogP contribution in [0.3, 0.4) is 0 Å². The summed E-state index contributed by atoms with van der Waals surface area (Å²) in [5, 5.41) is 8.72. The topological polar surface area (TPSA) is 58.9 Å². The molecule has 1 atom stereocenters. The number of fused-ring (bicyclic) bond motifs is 1. The zero-order chi connectivity index (χ0) is 14.8. The van der Waals surface area contributed by atoms with E-state index >= 15 is 0 Å². The van der Waals surface area contributed by atoms with Crippen LogP contribution in [-0.2, 0) is 13.6 Å². The van der Waals surface area contributed by atoms with Gasteiger partial charge in [0.15, 0.2) is 5.65 Å². The van der Waals surface area contributed by atoms with Gasteiger partial charge < -0.3 is 5.32 Å². The summed E-state index contributed by atoms with van der Waals surface area (Å²) >= 11 is 0. The second-order valence-corrected chi connectivity index (χ2v) is 5.88. The van der Waals surface area contributed by atoms with Gasteiger partial charge in [-0.25, -0.2) is 9.97 Å². The molecule has 0 radical (unpaired) electrons. The van der Waals surface area contributed by atoms with Crippen molar-refractivity contribution in [3.8, 4) is 0 Å². The lowest BCUT2D eigenvalue weighted by molar-refractivity contribution is 0.254. The lowest BCUT2D eigenvalue weighted by Gasteiger charge is -2.20. The predicted molar refractivity (Wildman–Crippen MR) is 84.2 cm³/mol. The van der Waals surface area contributed by atoms with Crippen molar-refractivity contribution in [2.24, 2.45) is 7.05 Å². The number of nitrogens with one attached hydrogen (secondary N) is 1. The van der Waals surface area contributed by atoms with Gasteiger partial charge in [-0.1, -0.05) is 6.92 Å². The number of rotatable bonds is 5. The van der Waals surface area contributed by atoms with Gasteiger partial charge in [-0.2, -0.15) is 5.10 Å². The Labute approximate surface area is 125 Å². The third kappa shape index (κ3) is 2.85. The van der Waals surface area contributed by atoms with Crippen LogP contribution in [0.25, 0.3) is 11.0 Å².